The zero-order valence-corrected chi connectivity index (χ0v) is 13.4. The standard InChI is InChI=1S/C14H23ClN4O/c1-10-11(15)12(17-18(10)4)13(20)16-7-9-19-8-5-6-14(19,2)3/h5-9H2,1-4H3,(H,16,20). The third-order valence-electron chi connectivity index (χ3n) is 4.22. The predicted octanol–water partition coefficient (Wildman–Crippen LogP) is 1.99. The minimum Gasteiger partial charge on any atom is -0.349 e. The maximum absolute atomic E-state index is 12.1. The number of carbonyl (C=O) groups is 1. The lowest BCUT2D eigenvalue weighted by Gasteiger charge is -2.31. The van der Waals surface area contributed by atoms with Gasteiger partial charge in [0.15, 0.2) is 5.69 Å². The van der Waals surface area contributed by atoms with Crippen LogP contribution in [0.5, 0.6) is 0 Å². The van der Waals surface area contributed by atoms with Gasteiger partial charge in [-0.05, 0) is 40.2 Å². The fourth-order valence-corrected chi connectivity index (χ4v) is 2.94. The van der Waals surface area contributed by atoms with Crippen molar-refractivity contribution >= 4 is 17.5 Å². The topological polar surface area (TPSA) is 50.2 Å². The van der Waals surface area contributed by atoms with E-state index in [1.807, 2.05) is 6.92 Å². The van der Waals surface area contributed by atoms with Crippen LogP contribution < -0.4 is 5.32 Å². The number of aromatic nitrogens is 2. The van der Waals surface area contributed by atoms with Gasteiger partial charge in [-0.3, -0.25) is 14.4 Å². The molecule has 1 aromatic heterocycles. The molecule has 0 spiro atoms. The van der Waals surface area contributed by atoms with Crippen molar-refractivity contribution in [3.8, 4) is 0 Å². The molecule has 1 N–H and O–H groups in total. The molecule has 0 bridgehead atoms. The first-order chi connectivity index (χ1) is 9.33. The number of halogens is 1. The number of nitrogens with zero attached hydrogens (tertiary/aromatic N) is 3. The van der Waals surface area contributed by atoms with Gasteiger partial charge in [0.05, 0.1) is 10.7 Å². The Balaban J connectivity index is 1.88. The van der Waals surface area contributed by atoms with E-state index >= 15 is 0 Å². The molecule has 2 rings (SSSR count). The largest absolute Gasteiger partial charge is 0.349 e. The fourth-order valence-electron chi connectivity index (χ4n) is 2.69. The van der Waals surface area contributed by atoms with Gasteiger partial charge in [0, 0.05) is 25.7 Å². The lowest BCUT2D eigenvalue weighted by Crippen LogP contribution is -2.43. The van der Waals surface area contributed by atoms with Gasteiger partial charge >= 0.3 is 0 Å². The highest BCUT2D eigenvalue weighted by Gasteiger charge is 2.31. The van der Waals surface area contributed by atoms with E-state index in [9.17, 15) is 4.79 Å². The maximum atomic E-state index is 12.1. The van der Waals surface area contributed by atoms with Crippen LogP contribution in [-0.4, -0.2) is 45.8 Å². The van der Waals surface area contributed by atoms with Gasteiger partial charge in [0.2, 0.25) is 0 Å². The summed E-state index contributed by atoms with van der Waals surface area (Å²) >= 11 is 6.11. The molecule has 5 nitrogen and oxygen atoms in total. The van der Waals surface area contributed by atoms with Crippen LogP contribution in [0, 0.1) is 6.92 Å². The summed E-state index contributed by atoms with van der Waals surface area (Å²) in [5.74, 6) is -0.198. The summed E-state index contributed by atoms with van der Waals surface area (Å²) in [4.78, 5) is 14.5. The summed E-state index contributed by atoms with van der Waals surface area (Å²) in [6, 6.07) is 0. The second-order valence-electron chi connectivity index (χ2n) is 6.03. The highest BCUT2D eigenvalue weighted by molar-refractivity contribution is 6.34. The van der Waals surface area contributed by atoms with Crippen molar-refractivity contribution < 1.29 is 4.79 Å². The van der Waals surface area contributed by atoms with E-state index in [1.54, 1.807) is 11.7 Å². The summed E-state index contributed by atoms with van der Waals surface area (Å²) < 4.78 is 1.63. The normalized spacial score (nSPS) is 18.4. The van der Waals surface area contributed by atoms with Gasteiger partial charge in [-0.1, -0.05) is 11.6 Å². The summed E-state index contributed by atoms with van der Waals surface area (Å²) in [6.45, 7) is 8.93. The van der Waals surface area contributed by atoms with Crippen molar-refractivity contribution in [2.45, 2.75) is 39.2 Å². The Morgan fingerprint density at radius 3 is 2.70 bits per heavy atom. The average Bonchev–Trinajstić information content (AvgIpc) is 2.84. The molecule has 0 atom stereocenters. The number of hydrogen-bond acceptors (Lipinski definition) is 3. The summed E-state index contributed by atoms with van der Waals surface area (Å²) in [6.07, 6.45) is 2.44. The Hall–Kier alpha value is -1.07. The first-order valence-electron chi connectivity index (χ1n) is 7.05. The van der Waals surface area contributed by atoms with Gasteiger partial charge < -0.3 is 5.32 Å². The molecule has 1 fully saturated rings. The minimum atomic E-state index is -0.198. The molecule has 1 aliphatic heterocycles. The zero-order valence-electron chi connectivity index (χ0n) is 12.7. The molecule has 1 amide bonds. The van der Waals surface area contributed by atoms with E-state index in [4.69, 9.17) is 11.6 Å². The first kappa shape index (κ1) is 15.3. The number of carbonyl (C=O) groups excluding carboxylic acids is 1. The second kappa shape index (κ2) is 5.74. The highest BCUT2D eigenvalue weighted by Crippen LogP contribution is 2.27. The number of amides is 1. The lowest BCUT2D eigenvalue weighted by molar-refractivity contribution is 0.0934. The van der Waals surface area contributed by atoms with E-state index in [1.165, 1.54) is 12.8 Å². The quantitative estimate of drug-likeness (QED) is 0.925. The van der Waals surface area contributed by atoms with Crippen LogP contribution in [0.15, 0.2) is 0 Å². The third-order valence-corrected chi connectivity index (χ3v) is 4.67. The van der Waals surface area contributed by atoms with Gasteiger partial charge in [0.1, 0.15) is 0 Å². The van der Waals surface area contributed by atoms with Gasteiger partial charge in [-0.25, -0.2) is 0 Å². The Morgan fingerprint density at radius 2 is 2.20 bits per heavy atom. The monoisotopic (exact) mass is 298 g/mol. The third kappa shape index (κ3) is 2.99. The summed E-state index contributed by atoms with van der Waals surface area (Å²) in [5.41, 5.74) is 1.36. The lowest BCUT2D eigenvalue weighted by atomic mass is 10.0. The molecule has 20 heavy (non-hydrogen) atoms. The van der Waals surface area contributed by atoms with Gasteiger partial charge in [-0.15, -0.1) is 0 Å². The molecular formula is C14H23ClN4O. The molecule has 0 saturated carbocycles. The fraction of sp³-hybridized carbons (Fsp3) is 0.714. The molecule has 2 heterocycles. The maximum Gasteiger partial charge on any atom is 0.273 e. The van der Waals surface area contributed by atoms with E-state index in [0.29, 0.717) is 17.3 Å². The summed E-state index contributed by atoms with van der Waals surface area (Å²) in [7, 11) is 1.78. The van der Waals surface area contributed by atoms with Crippen molar-refractivity contribution in [3.63, 3.8) is 0 Å². The van der Waals surface area contributed by atoms with Crippen LogP contribution >= 0.6 is 11.6 Å². The Bertz CT molecular complexity index is 510. The Kier molecular flexibility index (Phi) is 4.39. The molecule has 1 aromatic rings. The van der Waals surface area contributed by atoms with Crippen molar-refractivity contribution in [2.75, 3.05) is 19.6 Å². The van der Waals surface area contributed by atoms with Crippen LogP contribution in [0.3, 0.4) is 0 Å². The molecule has 1 saturated heterocycles. The Labute approximate surface area is 125 Å². The molecule has 1 aliphatic rings. The highest BCUT2D eigenvalue weighted by atomic mass is 35.5. The molecular weight excluding hydrogens is 276 g/mol. The van der Waals surface area contributed by atoms with E-state index < -0.39 is 0 Å². The van der Waals surface area contributed by atoms with Gasteiger partial charge in [0.25, 0.3) is 5.91 Å². The van der Waals surface area contributed by atoms with Crippen molar-refractivity contribution in [2.24, 2.45) is 7.05 Å². The average molecular weight is 299 g/mol. The second-order valence-corrected chi connectivity index (χ2v) is 6.41. The van der Waals surface area contributed by atoms with Crippen molar-refractivity contribution in [1.29, 1.82) is 0 Å². The smallest absolute Gasteiger partial charge is 0.273 e. The first-order valence-corrected chi connectivity index (χ1v) is 7.43. The van der Waals surface area contributed by atoms with E-state index in [0.717, 1.165) is 18.8 Å². The number of likely N-dealkylation sites (tertiary alicyclic amines) is 1. The number of hydrogen-bond donors (Lipinski definition) is 1. The minimum absolute atomic E-state index is 0.198. The predicted molar refractivity (Wildman–Crippen MR) is 80.2 cm³/mol. The van der Waals surface area contributed by atoms with Crippen molar-refractivity contribution in [1.82, 2.24) is 20.0 Å². The molecule has 6 heteroatoms. The molecule has 112 valence electrons. The van der Waals surface area contributed by atoms with Crippen LogP contribution in [0.2, 0.25) is 5.02 Å². The van der Waals surface area contributed by atoms with Crippen molar-refractivity contribution in [3.05, 3.63) is 16.4 Å². The van der Waals surface area contributed by atoms with Crippen LogP contribution in [-0.2, 0) is 7.05 Å². The van der Waals surface area contributed by atoms with Crippen LogP contribution in [0.1, 0.15) is 42.9 Å². The molecule has 0 unspecified atom stereocenters. The van der Waals surface area contributed by atoms with E-state index in [2.05, 4.69) is 29.2 Å². The molecule has 0 aromatic carbocycles. The van der Waals surface area contributed by atoms with Crippen LogP contribution in [0.4, 0.5) is 0 Å². The number of rotatable bonds is 4. The van der Waals surface area contributed by atoms with Gasteiger partial charge in [-0.2, -0.15) is 5.10 Å². The molecule has 0 aliphatic carbocycles. The SMILES string of the molecule is Cc1c(Cl)c(C(=O)NCCN2CCCC2(C)C)nn1C. The van der Waals surface area contributed by atoms with E-state index in [-0.39, 0.29) is 11.4 Å². The number of nitrogens with one attached hydrogen (secondary N) is 1. The van der Waals surface area contributed by atoms with Crippen LogP contribution in [0.25, 0.3) is 0 Å². The zero-order chi connectivity index (χ0) is 14.9. The summed E-state index contributed by atoms with van der Waals surface area (Å²) in [5, 5.41) is 7.49. The molecule has 0 radical (unpaired) electrons. The number of aryl methyl sites for hydroxylation is 1. The Morgan fingerprint density at radius 1 is 1.50 bits per heavy atom.